The fraction of sp³-hybridized carbons (Fsp3) is 0.471. The topological polar surface area (TPSA) is 47.6 Å². The van der Waals surface area contributed by atoms with Crippen LogP contribution >= 0.6 is 0 Å². The van der Waals surface area contributed by atoms with E-state index < -0.39 is 35.5 Å². The number of carbonyl (C=O) groups is 1. The summed E-state index contributed by atoms with van der Waals surface area (Å²) < 4.78 is 38.2. The Bertz CT molecular complexity index is 610. The quantitative estimate of drug-likeness (QED) is 0.840. The molecule has 23 heavy (non-hydrogen) atoms. The molecule has 4 nitrogen and oxygen atoms in total. The molecule has 1 saturated heterocycles. The van der Waals surface area contributed by atoms with Gasteiger partial charge in [0.1, 0.15) is 23.3 Å². The highest BCUT2D eigenvalue weighted by Crippen LogP contribution is 2.32. The maximum absolute atomic E-state index is 14.0. The summed E-state index contributed by atoms with van der Waals surface area (Å²) in [5.74, 6) is -1.15. The summed E-state index contributed by atoms with van der Waals surface area (Å²) >= 11 is 0. The summed E-state index contributed by atoms with van der Waals surface area (Å²) in [5, 5.41) is 2.66. The summed E-state index contributed by atoms with van der Waals surface area (Å²) in [6, 6.07) is 2.58. The van der Waals surface area contributed by atoms with Gasteiger partial charge in [0.15, 0.2) is 0 Å². The molecule has 1 amide bonds. The molecule has 6 heteroatoms. The second kappa shape index (κ2) is 6.66. The lowest BCUT2D eigenvalue weighted by Gasteiger charge is -2.34. The van der Waals surface area contributed by atoms with Gasteiger partial charge in [0.05, 0.1) is 12.6 Å². The van der Waals surface area contributed by atoms with Crippen molar-refractivity contribution in [2.75, 3.05) is 6.61 Å². The summed E-state index contributed by atoms with van der Waals surface area (Å²) in [5.41, 5.74) is 0.175. The molecular formula is C17H21F2NO3. The maximum Gasteiger partial charge on any atom is 0.407 e. The van der Waals surface area contributed by atoms with E-state index in [0.717, 1.165) is 23.8 Å². The third kappa shape index (κ3) is 4.76. The number of carbonyl (C=O) groups excluding carboxylic acids is 1. The minimum Gasteiger partial charge on any atom is -0.444 e. The van der Waals surface area contributed by atoms with Crippen LogP contribution < -0.4 is 5.32 Å². The van der Waals surface area contributed by atoms with Crippen molar-refractivity contribution in [1.29, 1.82) is 0 Å². The highest BCUT2D eigenvalue weighted by Gasteiger charge is 2.33. The number of alkyl carbamates (subject to hydrolysis) is 1. The molecule has 1 aliphatic rings. The van der Waals surface area contributed by atoms with Gasteiger partial charge in [0.25, 0.3) is 0 Å². The van der Waals surface area contributed by atoms with Crippen LogP contribution in [0.25, 0.3) is 0 Å². The third-order valence-electron chi connectivity index (χ3n) is 3.31. The standard InChI is InChI=1S/C17H21F2NO3/c1-10-7-14(20-16(21)23-17(2,3)4)15(22-9-10)12-8-11(18)5-6-13(12)19/h5-6,8,14-15H,1,7,9H2,2-4H3,(H,20,21)/t14-,15+/m0/s1. The molecule has 0 spiro atoms. The minimum atomic E-state index is -0.802. The lowest BCUT2D eigenvalue weighted by molar-refractivity contribution is 0.00328. The lowest BCUT2D eigenvalue weighted by Crippen LogP contribution is -2.45. The van der Waals surface area contributed by atoms with Gasteiger partial charge in [-0.25, -0.2) is 13.6 Å². The number of benzene rings is 1. The third-order valence-corrected chi connectivity index (χ3v) is 3.31. The van der Waals surface area contributed by atoms with Crippen LogP contribution in [-0.4, -0.2) is 24.3 Å². The van der Waals surface area contributed by atoms with Crippen molar-refractivity contribution < 1.29 is 23.0 Å². The van der Waals surface area contributed by atoms with Crippen molar-refractivity contribution in [2.24, 2.45) is 0 Å². The van der Waals surface area contributed by atoms with Gasteiger partial charge in [0.2, 0.25) is 0 Å². The molecule has 0 radical (unpaired) electrons. The summed E-state index contributed by atoms with van der Waals surface area (Å²) in [4.78, 5) is 12.0. The molecule has 1 N–H and O–H groups in total. The molecule has 1 heterocycles. The molecule has 1 aromatic carbocycles. The second-order valence-corrected chi connectivity index (χ2v) is 6.60. The van der Waals surface area contributed by atoms with Crippen LogP contribution in [0.1, 0.15) is 38.9 Å². The first kappa shape index (κ1) is 17.4. The van der Waals surface area contributed by atoms with Crippen molar-refractivity contribution >= 4 is 6.09 Å². The molecule has 1 aromatic rings. The molecule has 1 fully saturated rings. The van der Waals surface area contributed by atoms with Gasteiger partial charge in [0, 0.05) is 5.56 Å². The molecule has 0 aromatic heterocycles. The van der Waals surface area contributed by atoms with Crippen LogP contribution in [0.4, 0.5) is 13.6 Å². The van der Waals surface area contributed by atoms with Crippen molar-refractivity contribution in [3.8, 4) is 0 Å². The predicted octanol–water partition coefficient (Wildman–Crippen LogP) is 3.88. The molecule has 0 unspecified atom stereocenters. The Morgan fingerprint density at radius 1 is 1.39 bits per heavy atom. The average molecular weight is 325 g/mol. The number of hydrogen-bond donors (Lipinski definition) is 1. The van der Waals surface area contributed by atoms with Crippen molar-refractivity contribution in [2.45, 2.75) is 44.9 Å². The molecule has 2 atom stereocenters. The zero-order chi connectivity index (χ0) is 17.2. The highest BCUT2D eigenvalue weighted by atomic mass is 19.1. The van der Waals surface area contributed by atoms with Gasteiger partial charge in [-0.3, -0.25) is 0 Å². The van der Waals surface area contributed by atoms with Gasteiger partial charge in [-0.2, -0.15) is 0 Å². The van der Waals surface area contributed by atoms with E-state index in [-0.39, 0.29) is 12.2 Å². The van der Waals surface area contributed by atoms with Crippen molar-refractivity contribution in [3.05, 3.63) is 47.5 Å². The average Bonchev–Trinajstić information content (AvgIpc) is 2.40. The summed E-state index contributed by atoms with van der Waals surface area (Å²) in [6.07, 6.45) is -1.04. The smallest absolute Gasteiger partial charge is 0.407 e. The number of nitrogens with one attached hydrogen (secondary N) is 1. The zero-order valence-electron chi connectivity index (χ0n) is 13.5. The summed E-state index contributed by atoms with van der Waals surface area (Å²) in [6.45, 7) is 9.29. The number of hydrogen-bond acceptors (Lipinski definition) is 3. The van der Waals surface area contributed by atoms with Crippen LogP contribution in [0.5, 0.6) is 0 Å². The molecular weight excluding hydrogens is 304 g/mol. The Balaban J connectivity index is 2.21. The predicted molar refractivity (Wildman–Crippen MR) is 82.0 cm³/mol. The van der Waals surface area contributed by atoms with Gasteiger partial charge in [-0.05, 0) is 51.0 Å². The van der Waals surface area contributed by atoms with E-state index in [1.807, 2.05) is 0 Å². The van der Waals surface area contributed by atoms with E-state index in [1.165, 1.54) is 0 Å². The number of ether oxygens (including phenoxy) is 2. The fourth-order valence-electron chi connectivity index (χ4n) is 2.43. The Hall–Kier alpha value is -1.95. The van der Waals surface area contributed by atoms with E-state index >= 15 is 0 Å². The van der Waals surface area contributed by atoms with Crippen molar-refractivity contribution in [1.82, 2.24) is 5.32 Å². The molecule has 126 valence electrons. The van der Waals surface area contributed by atoms with Crippen molar-refractivity contribution in [3.63, 3.8) is 0 Å². The largest absolute Gasteiger partial charge is 0.444 e. The normalized spacial score (nSPS) is 21.9. The Morgan fingerprint density at radius 2 is 2.09 bits per heavy atom. The molecule has 2 rings (SSSR count). The van der Waals surface area contributed by atoms with Crippen LogP contribution in [-0.2, 0) is 9.47 Å². The van der Waals surface area contributed by atoms with Gasteiger partial charge >= 0.3 is 6.09 Å². The van der Waals surface area contributed by atoms with Gasteiger partial charge in [-0.1, -0.05) is 6.58 Å². The minimum absolute atomic E-state index is 0.0681. The fourth-order valence-corrected chi connectivity index (χ4v) is 2.43. The van der Waals surface area contributed by atoms with Crippen LogP contribution in [0.15, 0.2) is 30.4 Å². The zero-order valence-corrected chi connectivity index (χ0v) is 13.5. The van der Waals surface area contributed by atoms with Gasteiger partial charge < -0.3 is 14.8 Å². The molecule has 0 saturated carbocycles. The van der Waals surface area contributed by atoms with E-state index in [9.17, 15) is 13.6 Å². The molecule has 0 bridgehead atoms. The Morgan fingerprint density at radius 3 is 2.74 bits per heavy atom. The van der Waals surface area contributed by atoms with Crippen LogP contribution in [0.3, 0.4) is 0 Å². The SMILES string of the molecule is C=C1CO[C@H](c2cc(F)ccc2F)[C@@H](NC(=O)OC(C)(C)C)C1. The van der Waals surface area contributed by atoms with E-state index in [1.54, 1.807) is 20.8 Å². The first-order valence-corrected chi connectivity index (χ1v) is 7.38. The summed E-state index contributed by atoms with van der Waals surface area (Å²) in [7, 11) is 0. The molecule has 1 aliphatic heterocycles. The van der Waals surface area contributed by atoms with Crippen LogP contribution in [0.2, 0.25) is 0 Å². The first-order valence-electron chi connectivity index (χ1n) is 7.38. The number of rotatable bonds is 2. The molecule has 0 aliphatic carbocycles. The highest BCUT2D eigenvalue weighted by molar-refractivity contribution is 5.68. The number of amides is 1. The van der Waals surface area contributed by atoms with E-state index in [4.69, 9.17) is 9.47 Å². The van der Waals surface area contributed by atoms with E-state index in [0.29, 0.717) is 6.42 Å². The lowest BCUT2D eigenvalue weighted by atomic mass is 9.93. The maximum atomic E-state index is 14.0. The number of halogens is 2. The Kier molecular flexibility index (Phi) is 5.04. The monoisotopic (exact) mass is 325 g/mol. The Labute approximate surface area is 134 Å². The van der Waals surface area contributed by atoms with Gasteiger partial charge in [-0.15, -0.1) is 0 Å². The van der Waals surface area contributed by atoms with Crippen LogP contribution in [0, 0.1) is 11.6 Å². The first-order chi connectivity index (χ1) is 10.7. The van der Waals surface area contributed by atoms with E-state index in [2.05, 4.69) is 11.9 Å². The second-order valence-electron chi connectivity index (χ2n) is 6.60.